The van der Waals surface area contributed by atoms with E-state index in [4.69, 9.17) is 11.6 Å². The van der Waals surface area contributed by atoms with Gasteiger partial charge in [0.25, 0.3) is 0 Å². The summed E-state index contributed by atoms with van der Waals surface area (Å²) >= 11 is 8.76. The summed E-state index contributed by atoms with van der Waals surface area (Å²) in [6, 6.07) is 14.7. The van der Waals surface area contributed by atoms with Crippen LogP contribution in [0.1, 0.15) is 28.5 Å². The summed E-state index contributed by atoms with van der Waals surface area (Å²) in [6.45, 7) is 2.09. The molecule has 0 atom stereocenters. The number of aromatic nitrogens is 1. The molecule has 0 saturated carbocycles. The lowest BCUT2D eigenvalue weighted by atomic mass is 10.1. The van der Waals surface area contributed by atoms with Crippen molar-refractivity contribution in [2.45, 2.75) is 24.1 Å². The number of carbonyl (C=O) groups excluding carboxylic acids is 2. The van der Waals surface area contributed by atoms with Crippen LogP contribution in [0.5, 0.6) is 0 Å². The molecular weight excluding hydrogens is 412 g/mol. The van der Waals surface area contributed by atoms with Crippen LogP contribution in [0, 0.1) is 0 Å². The minimum absolute atomic E-state index is 0.0723. The van der Waals surface area contributed by atoms with Crippen LogP contribution < -0.4 is 5.32 Å². The Hall–Kier alpha value is -2.15. The number of amides is 1. The summed E-state index contributed by atoms with van der Waals surface area (Å²) in [4.78, 5) is 28.9. The van der Waals surface area contributed by atoms with Crippen LogP contribution in [-0.4, -0.2) is 22.4 Å². The van der Waals surface area contributed by atoms with Crippen molar-refractivity contribution in [2.75, 3.05) is 11.1 Å². The Labute approximate surface area is 177 Å². The molecule has 2 aromatic carbocycles. The maximum absolute atomic E-state index is 12.3. The zero-order chi connectivity index (χ0) is 19.9. The van der Waals surface area contributed by atoms with Crippen LogP contribution in [0.2, 0.25) is 5.02 Å². The minimum Gasteiger partial charge on any atom is -0.326 e. The molecular formula is C21H19ClN2O2S2. The molecule has 7 heteroatoms. The number of hydrogen-bond donors (Lipinski definition) is 1. The average Bonchev–Trinajstić information content (AvgIpc) is 3.13. The maximum Gasteiger partial charge on any atom is 0.230 e. The van der Waals surface area contributed by atoms with Crippen molar-refractivity contribution in [2.24, 2.45) is 0 Å². The van der Waals surface area contributed by atoms with Crippen molar-refractivity contribution in [3.63, 3.8) is 0 Å². The van der Waals surface area contributed by atoms with Crippen LogP contribution >= 0.6 is 34.7 Å². The monoisotopic (exact) mass is 430 g/mol. The van der Waals surface area contributed by atoms with E-state index in [0.717, 1.165) is 10.8 Å². The fourth-order valence-electron chi connectivity index (χ4n) is 2.51. The molecule has 0 radical (unpaired) electrons. The smallest absolute Gasteiger partial charge is 0.230 e. The van der Waals surface area contributed by atoms with Crippen molar-refractivity contribution in [3.05, 3.63) is 75.8 Å². The van der Waals surface area contributed by atoms with Gasteiger partial charge in [-0.2, -0.15) is 0 Å². The Bertz CT molecular complexity index is 971. The van der Waals surface area contributed by atoms with Gasteiger partial charge < -0.3 is 5.32 Å². The van der Waals surface area contributed by atoms with Gasteiger partial charge in [0.2, 0.25) is 5.91 Å². The molecule has 0 aliphatic heterocycles. The Morgan fingerprint density at radius 1 is 1.18 bits per heavy atom. The summed E-state index contributed by atoms with van der Waals surface area (Å²) in [7, 11) is 0. The molecule has 28 heavy (non-hydrogen) atoms. The highest BCUT2D eigenvalue weighted by molar-refractivity contribution is 8.01. The highest BCUT2D eigenvalue weighted by atomic mass is 35.5. The number of thiazole rings is 1. The summed E-state index contributed by atoms with van der Waals surface area (Å²) in [5, 5.41) is 5.22. The van der Waals surface area contributed by atoms with Gasteiger partial charge in [0.05, 0.1) is 17.9 Å². The van der Waals surface area contributed by atoms with E-state index in [2.05, 4.69) is 17.2 Å². The van der Waals surface area contributed by atoms with Crippen molar-refractivity contribution >= 4 is 52.1 Å². The summed E-state index contributed by atoms with van der Waals surface area (Å²) < 4.78 is 0.782. The van der Waals surface area contributed by atoms with Gasteiger partial charge in [-0.1, -0.05) is 60.6 Å². The lowest BCUT2D eigenvalue weighted by Crippen LogP contribution is -2.14. The predicted molar refractivity (Wildman–Crippen MR) is 117 cm³/mol. The van der Waals surface area contributed by atoms with E-state index in [1.807, 2.05) is 29.6 Å². The van der Waals surface area contributed by atoms with E-state index in [9.17, 15) is 9.59 Å². The van der Waals surface area contributed by atoms with Gasteiger partial charge in [-0.15, -0.1) is 11.3 Å². The number of nitrogens with zero attached hydrogens (tertiary/aromatic N) is 1. The quantitative estimate of drug-likeness (QED) is 0.378. The van der Waals surface area contributed by atoms with Crippen molar-refractivity contribution < 1.29 is 9.59 Å². The third kappa shape index (κ3) is 5.92. The fraction of sp³-hybridized carbons (Fsp3) is 0.190. The van der Waals surface area contributed by atoms with E-state index in [-0.39, 0.29) is 18.1 Å². The lowest BCUT2D eigenvalue weighted by Gasteiger charge is -2.04. The zero-order valence-electron chi connectivity index (χ0n) is 15.3. The number of anilines is 1. The lowest BCUT2D eigenvalue weighted by molar-refractivity contribution is -0.115. The molecule has 0 fully saturated rings. The Kier molecular flexibility index (Phi) is 7.25. The van der Waals surface area contributed by atoms with Crippen molar-refractivity contribution in [1.82, 2.24) is 4.98 Å². The number of hydrogen-bond acceptors (Lipinski definition) is 5. The fourth-order valence-corrected chi connectivity index (χ4v) is 4.44. The van der Waals surface area contributed by atoms with Gasteiger partial charge in [-0.25, -0.2) is 4.98 Å². The van der Waals surface area contributed by atoms with E-state index in [0.29, 0.717) is 27.7 Å². The molecule has 1 aromatic heterocycles. The van der Waals surface area contributed by atoms with Crippen LogP contribution in [0.4, 0.5) is 5.69 Å². The zero-order valence-corrected chi connectivity index (χ0v) is 17.7. The number of nitrogens with one attached hydrogen (secondary N) is 1. The van der Waals surface area contributed by atoms with E-state index < -0.39 is 0 Å². The Morgan fingerprint density at radius 3 is 2.68 bits per heavy atom. The van der Waals surface area contributed by atoms with Crippen LogP contribution in [0.15, 0.2) is 58.3 Å². The van der Waals surface area contributed by atoms with Gasteiger partial charge in [0, 0.05) is 21.7 Å². The first-order valence-electron chi connectivity index (χ1n) is 8.78. The number of halogens is 1. The second kappa shape index (κ2) is 9.87. The van der Waals surface area contributed by atoms with Gasteiger partial charge in [0.1, 0.15) is 0 Å². The molecule has 0 unspecified atom stereocenters. The van der Waals surface area contributed by atoms with Crippen LogP contribution in [0.25, 0.3) is 0 Å². The Morgan fingerprint density at radius 2 is 1.96 bits per heavy atom. The van der Waals surface area contributed by atoms with Gasteiger partial charge in [-0.05, 0) is 30.2 Å². The first kappa shape index (κ1) is 20.6. The van der Waals surface area contributed by atoms with Gasteiger partial charge in [0.15, 0.2) is 10.1 Å². The normalized spacial score (nSPS) is 10.6. The molecule has 1 N–H and O–H groups in total. The second-order valence-corrected chi connectivity index (χ2v) is 8.62. The summed E-state index contributed by atoms with van der Waals surface area (Å²) in [6.07, 6.45) is 1.13. The maximum atomic E-state index is 12.3. The number of Topliss-reactive ketones (excluding diaryl/α,β-unsaturated/α-hetero) is 1. The molecule has 144 valence electrons. The molecule has 1 heterocycles. The molecule has 1 amide bonds. The topological polar surface area (TPSA) is 59.1 Å². The summed E-state index contributed by atoms with van der Waals surface area (Å²) in [5.74, 6) is 0.243. The van der Waals surface area contributed by atoms with E-state index >= 15 is 0 Å². The summed E-state index contributed by atoms with van der Waals surface area (Å²) in [5.41, 5.74) is 3.26. The number of aryl methyl sites for hydroxylation is 1. The molecule has 0 aliphatic carbocycles. The average molecular weight is 431 g/mol. The number of ketones is 1. The van der Waals surface area contributed by atoms with Crippen molar-refractivity contribution in [1.29, 1.82) is 0 Å². The third-order valence-corrected chi connectivity index (χ3v) is 6.30. The van der Waals surface area contributed by atoms with Gasteiger partial charge >= 0.3 is 0 Å². The molecule has 3 aromatic rings. The standard InChI is InChI=1S/C21H19ClN2O2S2/c1-2-14-6-8-15(9-7-14)19(25)13-28-21-24-18(12-27-21)11-20(26)23-17-5-3-4-16(22)10-17/h3-10,12H,2,11,13H2,1H3,(H,23,26). The number of rotatable bonds is 8. The Balaban J connectivity index is 1.50. The third-order valence-electron chi connectivity index (χ3n) is 3.99. The molecule has 0 aliphatic rings. The largest absolute Gasteiger partial charge is 0.326 e. The molecule has 3 rings (SSSR count). The van der Waals surface area contributed by atoms with E-state index in [1.54, 1.807) is 24.3 Å². The molecule has 0 saturated heterocycles. The van der Waals surface area contributed by atoms with Crippen LogP contribution in [-0.2, 0) is 17.6 Å². The van der Waals surface area contributed by atoms with Gasteiger partial charge in [-0.3, -0.25) is 9.59 Å². The first-order valence-corrected chi connectivity index (χ1v) is 11.0. The number of benzene rings is 2. The molecule has 4 nitrogen and oxygen atoms in total. The minimum atomic E-state index is -0.156. The highest BCUT2D eigenvalue weighted by Crippen LogP contribution is 2.24. The van der Waals surface area contributed by atoms with Crippen molar-refractivity contribution in [3.8, 4) is 0 Å². The highest BCUT2D eigenvalue weighted by Gasteiger charge is 2.11. The van der Waals surface area contributed by atoms with E-state index in [1.165, 1.54) is 28.7 Å². The molecule has 0 bridgehead atoms. The number of thioether (sulfide) groups is 1. The van der Waals surface area contributed by atoms with Crippen LogP contribution in [0.3, 0.4) is 0 Å². The first-order chi connectivity index (χ1) is 13.5. The second-order valence-electron chi connectivity index (χ2n) is 6.10. The predicted octanol–water partition coefficient (Wildman–Crippen LogP) is 5.52. The number of carbonyl (C=O) groups is 2. The SMILES string of the molecule is CCc1ccc(C(=O)CSc2nc(CC(=O)Nc3cccc(Cl)c3)cs2)cc1. The molecule has 0 spiro atoms.